The van der Waals surface area contributed by atoms with Gasteiger partial charge in [0.15, 0.2) is 0 Å². The first-order valence-corrected chi connectivity index (χ1v) is 7.53. The molecule has 0 spiro atoms. The molecule has 0 saturated heterocycles. The van der Waals surface area contributed by atoms with Gasteiger partial charge in [0.25, 0.3) is 5.91 Å². The molecule has 0 aliphatic rings. The Labute approximate surface area is 127 Å². The summed E-state index contributed by atoms with van der Waals surface area (Å²) >= 11 is 1.53. The molecule has 112 valence electrons. The summed E-state index contributed by atoms with van der Waals surface area (Å²) in [5.74, 6) is 0.508. The number of rotatable bonds is 7. The summed E-state index contributed by atoms with van der Waals surface area (Å²) in [5, 5.41) is 4.80. The van der Waals surface area contributed by atoms with Gasteiger partial charge in [-0.05, 0) is 25.1 Å². The second-order valence-corrected chi connectivity index (χ2v) is 5.34. The highest BCUT2D eigenvalue weighted by Crippen LogP contribution is 2.15. The van der Waals surface area contributed by atoms with Gasteiger partial charge in [0.2, 0.25) is 0 Å². The van der Waals surface area contributed by atoms with Gasteiger partial charge in [0.05, 0.1) is 17.8 Å². The molecule has 1 aromatic heterocycles. The van der Waals surface area contributed by atoms with Crippen molar-refractivity contribution < 1.29 is 14.3 Å². The lowest BCUT2D eigenvalue weighted by atomic mass is 10.2. The highest BCUT2D eigenvalue weighted by Gasteiger charge is 2.10. The number of aromatic nitrogens is 1. The van der Waals surface area contributed by atoms with Crippen molar-refractivity contribution in [2.45, 2.75) is 19.6 Å². The average Bonchev–Trinajstić information content (AvgIpc) is 2.99. The van der Waals surface area contributed by atoms with Crippen LogP contribution < -0.4 is 10.1 Å². The van der Waals surface area contributed by atoms with Gasteiger partial charge in [-0.1, -0.05) is 6.07 Å². The fourth-order valence-electron chi connectivity index (χ4n) is 1.79. The number of methoxy groups -OCH3 is 1. The van der Waals surface area contributed by atoms with Crippen molar-refractivity contribution in [2.75, 3.05) is 13.7 Å². The number of benzene rings is 1. The maximum absolute atomic E-state index is 12.1. The molecule has 5 nitrogen and oxygen atoms in total. The average molecular weight is 306 g/mol. The second-order valence-electron chi connectivity index (χ2n) is 4.63. The highest BCUT2D eigenvalue weighted by molar-refractivity contribution is 7.07. The van der Waals surface area contributed by atoms with E-state index in [1.165, 1.54) is 11.3 Å². The fraction of sp³-hybridized carbons (Fsp3) is 0.333. The zero-order valence-corrected chi connectivity index (χ0v) is 12.9. The zero-order chi connectivity index (χ0) is 15.1. The summed E-state index contributed by atoms with van der Waals surface area (Å²) < 4.78 is 10.6. The van der Waals surface area contributed by atoms with Crippen molar-refractivity contribution in [3.63, 3.8) is 0 Å². The van der Waals surface area contributed by atoms with Gasteiger partial charge in [0.1, 0.15) is 12.4 Å². The van der Waals surface area contributed by atoms with E-state index in [1.54, 1.807) is 30.8 Å². The van der Waals surface area contributed by atoms with E-state index in [0.717, 1.165) is 5.69 Å². The van der Waals surface area contributed by atoms with Gasteiger partial charge in [0, 0.05) is 24.1 Å². The van der Waals surface area contributed by atoms with Gasteiger partial charge in [-0.15, -0.1) is 11.3 Å². The maximum Gasteiger partial charge on any atom is 0.251 e. The van der Waals surface area contributed by atoms with Crippen molar-refractivity contribution in [3.05, 3.63) is 46.4 Å². The summed E-state index contributed by atoms with van der Waals surface area (Å²) in [6.07, 6.45) is 0. The number of hydrogen-bond acceptors (Lipinski definition) is 5. The molecule has 2 rings (SSSR count). The van der Waals surface area contributed by atoms with Gasteiger partial charge < -0.3 is 14.8 Å². The molecule has 1 heterocycles. The van der Waals surface area contributed by atoms with E-state index in [4.69, 9.17) is 9.47 Å². The van der Waals surface area contributed by atoms with Crippen molar-refractivity contribution >= 4 is 17.2 Å². The number of carbonyl (C=O) groups excluding carboxylic acids is 1. The van der Waals surface area contributed by atoms with Crippen molar-refractivity contribution in [2.24, 2.45) is 0 Å². The Morgan fingerprint density at radius 2 is 2.33 bits per heavy atom. The van der Waals surface area contributed by atoms with Crippen molar-refractivity contribution in [1.82, 2.24) is 10.3 Å². The van der Waals surface area contributed by atoms with Crippen LogP contribution in [0.1, 0.15) is 23.0 Å². The van der Waals surface area contributed by atoms with Crippen LogP contribution in [0, 0.1) is 0 Å². The lowest BCUT2D eigenvalue weighted by molar-refractivity contribution is 0.0905. The normalized spacial score (nSPS) is 11.9. The quantitative estimate of drug-likeness (QED) is 0.854. The number of nitrogens with zero attached hydrogens (tertiary/aromatic N) is 1. The Balaban J connectivity index is 1.95. The Morgan fingerprint density at radius 1 is 1.48 bits per heavy atom. The zero-order valence-electron chi connectivity index (χ0n) is 12.0. The van der Waals surface area contributed by atoms with E-state index in [1.807, 2.05) is 18.4 Å². The van der Waals surface area contributed by atoms with E-state index < -0.39 is 0 Å². The van der Waals surface area contributed by atoms with Gasteiger partial charge in [-0.25, -0.2) is 4.98 Å². The minimum Gasteiger partial charge on any atom is -0.487 e. The Hall–Kier alpha value is -1.92. The standard InChI is InChI=1S/C15H18N2O3S/c1-11(7-19-2)17-15(18)12-4-3-5-14(6-12)20-8-13-9-21-10-16-13/h3-6,9-11H,7-8H2,1-2H3,(H,17,18)/t11-/m0/s1. The molecular formula is C15H18N2O3S. The molecule has 0 aliphatic carbocycles. The van der Waals surface area contributed by atoms with Gasteiger partial charge in [-0.2, -0.15) is 0 Å². The number of ether oxygens (including phenoxy) is 2. The molecule has 6 heteroatoms. The molecule has 1 amide bonds. The number of carbonyl (C=O) groups is 1. The number of hydrogen-bond donors (Lipinski definition) is 1. The summed E-state index contributed by atoms with van der Waals surface area (Å²) in [6.45, 7) is 2.77. The first-order chi connectivity index (χ1) is 10.2. The van der Waals surface area contributed by atoms with Crippen LogP contribution in [0.3, 0.4) is 0 Å². The molecule has 0 saturated carbocycles. The summed E-state index contributed by atoms with van der Waals surface area (Å²) in [6, 6.07) is 7.06. The van der Waals surface area contributed by atoms with Crippen LogP contribution in [-0.2, 0) is 11.3 Å². The van der Waals surface area contributed by atoms with Crippen molar-refractivity contribution in [1.29, 1.82) is 0 Å². The minimum absolute atomic E-state index is 0.0397. The number of thiazole rings is 1. The molecule has 1 aromatic carbocycles. The summed E-state index contributed by atoms with van der Waals surface area (Å²) in [4.78, 5) is 16.2. The van der Waals surface area contributed by atoms with Crippen LogP contribution in [0.25, 0.3) is 0 Å². The van der Waals surface area contributed by atoms with E-state index in [-0.39, 0.29) is 11.9 Å². The second kappa shape index (κ2) is 7.75. The van der Waals surface area contributed by atoms with Crippen LogP contribution in [0.4, 0.5) is 0 Å². The molecule has 0 fully saturated rings. The third kappa shape index (κ3) is 4.84. The topological polar surface area (TPSA) is 60.5 Å². The summed E-state index contributed by atoms with van der Waals surface area (Å²) in [7, 11) is 1.61. The van der Waals surface area contributed by atoms with Gasteiger partial charge in [-0.3, -0.25) is 4.79 Å². The maximum atomic E-state index is 12.1. The molecule has 1 atom stereocenters. The predicted molar refractivity (Wildman–Crippen MR) is 81.7 cm³/mol. The minimum atomic E-state index is -0.140. The Bertz CT molecular complexity index is 572. The van der Waals surface area contributed by atoms with Crippen molar-refractivity contribution in [3.8, 4) is 5.75 Å². The van der Waals surface area contributed by atoms with E-state index in [0.29, 0.717) is 24.5 Å². The third-order valence-corrected chi connectivity index (χ3v) is 3.40. The molecule has 0 bridgehead atoms. The number of amides is 1. The number of nitrogens with one attached hydrogen (secondary N) is 1. The molecule has 21 heavy (non-hydrogen) atoms. The lowest BCUT2D eigenvalue weighted by Crippen LogP contribution is -2.35. The monoisotopic (exact) mass is 306 g/mol. The SMILES string of the molecule is COC[C@H](C)NC(=O)c1cccc(OCc2cscn2)c1. The molecule has 1 N–H and O–H groups in total. The first kappa shape index (κ1) is 15.5. The van der Waals surface area contributed by atoms with Crippen LogP contribution in [0.2, 0.25) is 0 Å². The molecule has 0 aliphatic heterocycles. The van der Waals surface area contributed by atoms with Crippen LogP contribution in [-0.4, -0.2) is 30.6 Å². The third-order valence-electron chi connectivity index (χ3n) is 2.76. The largest absolute Gasteiger partial charge is 0.487 e. The summed E-state index contributed by atoms with van der Waals surface area (Å²) in [5.41, 5.74) is 3.21. The highest BCUT2D eigenvalue weighted by atomic mass is 32.1. The van der Waals surface area contributed by atoms with E-state index in [9.17, 15) is 4.79 Å². The van der Waals surface area contributed by atoms with Gasteiger partial charge >= 0.3 is 0 Å². The van der Waals surface area contributed by atoms with E-state index in [2.05, 4.69) is 10.3 Å². The predicted octanol–water partition coefficient (Wildman–Crippen LogP) is 2.49. The Morgan fingerprint density at radius 3 is 3.05 bits per heavy atom. The van der Waals surface area contributed by atoms with E-state index >= 15 is 0 Å². The molecule has 0 radical (unpaired) electrons. The molecular weight excluding hydrogens is 288 g/mol. The van der Waals surface area contributed by atoms with Crippen LogP contribution in [0.5, 0.6) is 5.75 Å². The molecule has 2 aromatic rings. The molecule has 0 unspecified atom stereocenters. The van der Waals surface area contributed by atoms with Crippen LogP contribution >= 0.6 is 11.3 Å². The smallest absolute Gasteiger partial charge is 0.251 e. The first-order valence-electron chi connectivity index (χ1n) is 6.58. The fourth-order valence-corrected chi connectivity index (χ4v) is 2.34. The Kier molecular flexibility index (Phi) is 5.71. The lowest BCUT2D eigenvalue weighted by Gasteiger charge is -2.13. The van der Waals surface area contributed by atoms with Crippen LogP contribution in [0.15, 0.2) is 35.2 Å².